The summed E-state index contributed by atoms with van der Waals surface area (Å²) in [5.74, 6) is 0.891. The maximum Gasteiger partial charge on any atom is 0.119 e. The Kier molecular flexibility index (Phi) is 5.82. The molecule has 2 N–H and O–H groups in total. The lowest BCUT2D eigenvalue weighted by Gasteiger charge is -2.15. The number of benzene rings is 1. The Morgan fingerprint density at radius 1 is 1.29 bits per heavy atom. The van der Waals surface area contributed by atoms with Crippen LogP contribution in [-0.4, -0.2) is 16.4 Å². The number of hydrogen-bond acceptors (Lipinski definition) is 3. The third-order valence-electron chi connectivity index (χ3n) is 3.43. The SMILES string of the molecule is CCCCOc1ccc(C(N)c2c(Br)cnn2CC)cc1. The molecule has 1 aromatic carbocycles. The average molecular weight is 352 g/mol. The first-order valence-corrected chi connectivity index (χ1v) is 8.16. The number of unbranched alkanes of at least 4 members (excludes halogenated alkanes) is 1. The number of halogens is 1. The van der Waals surface area contributed by atoms with Crippen LogP contribution in [0.3, 0.4) is 0 Å². The molecule has 2 aromatic rings. The zero-order chi connectivity index (χ0) is 15.2. The smallest absolute Gasteiger partial charge is 0.119 e. The summed E-state index contributed by atoms with van der Waals surface area (Å²) < 4.78 is 8.53. The summed E-state index contributed by atoms with van der Waals surface area (Å²) in [6.07, 6.45) is 4.00. The van der Waals surface area contributed by atoms with Gasteiger partial charge < -0.3 is 10.5 Å². The lowest BCUT2D eigenvalue weighted by molar-refractivity contribution is 0.309. The van der Waals surface area contributed by atoms with Crippen molar-refractivity contribution in [2.45, 2.75) is 39.3 Å². The molecule has 2 rings (SSSR count). The standard InChI is InChI=1S/C16H22BrN3O/c1-3-5-10-21-13-8-6-12(7-9-13)15(18)16-14(17)11-19-20(16)4-2/h6-9,11,15H,3-5,10,18H2,1-2H3. The Morgan fingerprint density at radius 2 is 2.00 bits per heavy atom. The fraction of sp³-hybridized carbons (Fsp3) is 0.438. The molecule has 1 aromatic heterocycles. The van der Waals surface area contributed by atoms with Crippen LogP contribution < -0.4 is 10.5 Å². The highest BCUT2D eigenvalue weighted by Crippen LogP contribution is 2.27. The summed E-state index contributed by atoms with van der Waals surface area (Å²) in [5, 5.41) is 4.31. The van der Waals surface area contributed by atoms with Gasteiger partial charge in [0.15, 0.2) is 0 Å². The first kappa shape index (κ1) is 16.0. The largest absolute Gasteiger partial charge is 0.494 e. The number of nitrogens with two attached hydrogens (primary N) is 1. The van der Waals surface area contributed by atoms with E-state index in [4.69, 9.17) is 10.5 Å². The van der Waals surface area contributed by atoms with Crippen LogP contribution in [0.2, 0.25) is 0 Å². The molecule has 0 fully saturated rings. The highest BCUT2D eigenvalue weighted by atomic mass is 79.9. The second-order valence-corrected chi connectivity index (χ2v) is 5.80. The Balaban J connectivity index is 2.12. The highest BCUT2D eigenvalue weighted by molar-refractivity contribution is 9.10. The highest BCUT2D eigenvalue weighted by Gasteiger charge is 2.17. The van der Waals surface area contributed by atoms with Crippen molar-refractivity contribution >= 4 is 15.9 Å². The first-order chi connectivity index (χ1) is 10.2. The van der Waals surface area contributed by atoms with Crippen LogP contribution in [-0.2, 0) is 6.54 Å². The Morgan fingerprint density at radius 3 is 2.62 bits per heavy atom. The van der Waals surface area contributed by atoms with Gasteiger partial charge in [-0.25, -0.2) is 0 Å². The van der Waals surface area contributed by atoms with Crippen LogP contribution in [0.15, 0.2) is 34.9 Å². The summed E-state index contributed by atoms with van der Waals surface area (Å²) >= 11 is 3.52. The van der Waals surface area contributed by atoms with E-state index >= 15 is 0 Å². The van der Waals surface area contributed by atoms with Crippen molar-refractivity contribution in [1.82, 2.24) is 9.78 Å². The van der Waals surface area contributed by atoms with E-state index in [1.165, 1.54) is 0 Å². The summed E-state index contributed by atoms with van der Waals surface area (Å²) in [4.78, 5) is 0. The zero-order valence-corrected chi connectivity index (χ0v) is 14.1. The molecular weight excluding hydrogens is 330 g/mol. The second-order valence-electron chi connectivity index (χ2n) is 4.94. The molecule has 1 heterocycles. The average Bonchev–Trinajstić information content (AvgIpc) is 2.88. The van der Waals surface area contributed by atoms with E-state index in [9.17, 15) is 0 Å². The van der Waals surface area contributed by atoms with Gasteiger partial charge in [-0.15, -0.1) is 0 Å². The normalized spacial score (nSPS) is 12.4. The predicted octanol–water partition coefficient (Wildman–Crippen LogP) is 3.89. The molecule has 0 spiro atoms. The van der Waals surface area contributed by atoms with Gasteiger partial charge in [0, 0.05) is 6.54 Å². The van der Waals surface area contributed by atoms with Gasteiger partial charge in [-0.2, -0.15) is 5.10 Å². The second kappa shape index (κ2) is 7.61. The minimum absolute atomic E-state index is 0.202. The maximum atomic E-state index is 6.38. The van der Waals surface area contributed by atoms with E-state index in [1.807, 2.05) is 28.9 Å². The molecule has 5 heteroatoms. The lowest BCUT2D eigenvalue weighted by atomic mass is 10.0. The summed E-state index contributed by atoms with van der Waals surface area (Å²) in [6, 6.07) is 7.79. The first-order valence-electron chi connectivity index (χ1n) is 7.36. The number of rotatable bonds is 7. The summed E-state index contributed by atoms with van der Waals surface area (Å²) in [5.41, 5.74) is 8.43. The van der Waals surface area contributed by atoms with Crippen LogP contribution in [0, 0.1) is 0 Å². The molecule has 0 saturated heterocycles. The molecule has 1 atom stereocenters. The summed E-state index contributed by atoms with van der Waals surface area (Å²) in [7, 11) is 0. The molecule has 0 aliphatic rings. The minimum Gasteiger partial charge on any atom is -0.494 e. The number of aromatic nitrogens is 2. The number of ether oxygens (including phenoxy) is 1. The van der Waals surface area contributed by atoms with Gasteiger partial charge in [-0.3, -0.25) is 4.68 Å². The lowest BCUT2D eigenvalue weighted by Crippen LogP contribution is -2.17. The van der Waals surface area contributed by atoms with Crippen molar-refractivity contribution in [2.24, 2.45) is 5.73 Å². The molecule has 0 saturated carbocycles. The monoisotopic (exact) mass is 351 g/mol. The van der Waals surface area contributed by atoms with Crippen LogP contribution in [0.4, 0.5) is 0 Å². The molecule has 0 amide bonds. The third-order valence-corrected chi connectivity index (χ3v) is 4.04. The number of aryl methyl sites for hydroxylation is 1. The number of hydrogen-bond donors (Lipinski definition) is 1. The van der Waals surface area contributed by atoms with E-state index in [0.717, 1.165) is 47.5 Å². The van der Waals surface area contributed by atoms with Crippen molar-refractivity contribution in [1.29, 1.82) is 0 Å². The molecule has 21 heavy (non-hydrogen) atoms. The minimum atomic E-state index is -0.202. The number of nitrogens with zero attached hydrogens (tertiary/aromatic N) is 2. The van der Waals surface area contributed by atoms with E-state index in [0.29, 0.717) is 0 Å². The van der Waals surface area contributed by atoms with Crippen LogP contribution in [0.5, 0.6) is 5.75 Å². The van der Waals surface area contributed by atoms with E-state index in [-0.39, 0.29) is 6.04 Å². The van der Waals surface area contributed by atoms with Crippen molar-refractivity contribution in [2.75, 3.05) is 6.61 Å². The van der Waals surface area contributed by atoms with E-state index < -0.39 is 0 Å². The predicted molar refractivity (Wildman–Crippen MR) is 88.5 cm³/mol. The van der Waals surface area contributed by atoms with Crippen molar-refractivity contribution in [3.8, 4) is 5.75 Å². The van der Waals surface area contributed by atoms with Gasteiger partial charge in [0.05, 0.1) is 29.0 Å². The van der Waals surface area contributed by atoms with E-state index in [1.54, 1.807) is 6.20 Å². The Hall–Kier alpha value is -1.33. The van der Waals surface area contributed by atoms with Gasteiger partial charge in [0.2, 0.25) is 0 Å². The summed E-state index contributed by atoms with van der Waals surface area (Å²) in [6.45, 7) is 5.77. The Bertz CT molecular complexity index is 565. The zero-order valence-electron chi connectivity index (χ0n) is 12.6. The van der Waals surface area contributed by atoms with Gasteiger partial charge in [-0.1, -0.05) is 25.5 Å². The molecular formula is C16H22BrN3O. The molecule has 0 aliphatic carbocycles. The van der Waals surface area contributed by atoms with Gasteiger partial charge >= 0.3 is 0 Å². The topological polar surface area (TPSA) is 53.1 Å². The molecule has 4 nitrogen and oxygen atoms in total. The van der Waals surface area contributed by atoms with Crippen LogP contribution >= 0.6 is 15.9 Å². The molecule has 0 bridgehead atoms. The van der Waals surface area contributed by atoms with Crippen molar-refractivity contribution in [3.05, 3.63) is 46.2 Å². The van der Waals surface area contributed by atoms with Crippen LogP contribution in [0.1, 0.15) is 44.0 Å². The molecule has 0 radical (unpaired) electrons. The fourth-order valence-electron chi connectivity index (χ4n) is 2.20. The molecule has 0 aliphatic heterocycles. The fourth-order valence-corrected chi connectivity index (χ4v) is 2.74. The molecule has 114 valence electrons. The quantitative estimate of drug-likeness (QED) is 0.769. The van der Waals surface area contributed by atoms with Gasteiger partial charge in [0.25, 0.3) is 0 Å². The Labute approximate surface area is 134 Å². The van der Waals surface area contributed by atoms with E-state index in [2.05, 4.69) is 34.9 Å². The van der Waals surface area contributed by atoms with Crippen molar-refractivity contribution in [3.63, 3.8) is 0 Å². The van der Waals surface area contributed by atoms with Gasteiger partial charge in [0.1, 0.15) is 5.75 Å². The van der Waals surface area contributed by atoms with Crippen LogP contribution in [0.25, 0.3) is 0 Å². The third kappa shape index (κ3) is 3.86. The van der Waals surface area contributed by atoms with Gasteiger partial charge in [-0.05, 0) is 47.0 Å². The molecule has 1 unspecified atom stereocenters. The maximum absolute atomic E-state index is 6.38. The van der Waals surface area contributed by atoms with Crippen molar-refractivity contribution < 1.29 is 4.74 Å².